The van der Waals surface area contributed by atoms with Gasteiger partial charge in [0.25, 0.3) is 11.8 Å². The number of amides is 2. The lowest BCUT2D eigenvalue weighted by atomic mass is 10.1. The Morgan fingerprint density at radius 1 is 1.14 bits per heavy atom. The number of hydrogen-bond acceptors (Lipinski definition) is 3. The minimum Gasteiger partial charge on any atom is -0.496 e. The van der Waals surface area contributed by atoms with Gasteiger partial charge in [0.1, 0.15) is 12.3 Å². The lowest BCUT2D eigenvalue weighted by Gasteiger charge is -2.19. The number of halogens is 4. The summed E-state index contributed by atoms with van der Waals surface area (Å²) in [5, 5.41) is 2.20. The van der Waals surface area contributed by atoms with Crippen molar-refractivity contribution in [2.75, 3.05) is 20.7 Å². The summed E-state index contributed by atoms with van der Waals surface area (Å²) < 4.78 is 41.7. The van der Waals surface area contributed by atoms with Gasteiger partial charge in [-0.25, -0.2) is 0 Å². The Balaban J connectivity index is 2.04. The van der Waals surface area contributed by atoms with Crippen molar-refractivity contribution < 1.29 is 27.5 Å². The second-order valence-electron chi connectivity index (χ2n) is 6.00. The van der Waals surface area contributed by atoms with Gasteiger partial charge in [0.15, 0.2) is 0 Å². The summed E-state index contributed by atoms with van der Waals surface area (Å²) in [7, 11) is 3.04. The maximum atomic E-state index is 12.7. The topological polar surface area (TPSA) is 58.6 Å². The van der Waals surface area contributed by atoms with Crippen LogP contribution in [0.15, 0.2) is 42.5 Å². The Labute approximate surface area is 165 Å². The summed E-state index contributed by atoms with van der Waals surface area (Å²) >= 11 is 5.95. The average Bonchev–Trinajstić information content (AvgIpc) is 2.65. The van der Waals surface area contributed by atoms with E-state index in [2.05, 4.69) is 0 Å². The lowest BCUT2D eigenvalue weighted by Crippen LogP contribution is -2.33. The highest BCUT2D eigenvalue weighted by atomic mass is 35.5. The largest absolute Gasteiger partial charge is 0.496 e. The third-order valence-corrected chi connectivity index (χ3v) is 4.06. The molecule has 0 saturated carbocycles. The van der Waals surface area contributed by atoms with E-state index in [9.17, 15) is 22.8 Å². The Morgan fingerprint density at radius 2 is 1.79 bits per heavy atom. The Hall–Kier alpha value is -2.74. The number of nitrogens with one attached hydrogen (secondary N) is 1. The first-order valence-electron chi connectivity index (χ1n) is 8.13. The number of rotatable bonds is 6. The fourth-order valence-electron chi connectivity index (χ4n) is 2.44. The third-order valence-electron chi connectivity index (χ3n) is 3.82. The van der Waals surface area contributed by atoms with Crippen molar-refractivity contribution in [1.82, 2.24) is 10.2 Å². The van der Waals surface area contributed by atoms with Crippen LogP contribution in [0.2, 0.25) is 5.02 Å². The number of carbonyl (C=O) groups excluding carboxylic acids is 2. The van der Waals surface area contributed by atoms with Crippen LogP contribution in [0.4, 0.5) is 13.2 Å². The van der Waals surface area contributed by atoms with Crippen LogP contribution in [0.5, 0.6) is 5.75 Å². The van der Waals surface area contributed by atoms with Crippen molar-refractivity contribution in [3.8, 4) is 5.75 Å². The number of benzene rings is 2. The standard InChI is InChI=1S/C19H18ClF3N2O3/c1-25(18(27)15-9-14(20)7-8-16(15)28-2)10-12-3-5-13(6-4-12)17(26)24-11-19(21,22)23/h3-9H,10-11H2,1-2H3,(H,24,26). The molecule has 0 spiro atoms. The monoisotopic (exact) mass is 414 g/mol. The van der Waals surface area contributed by atoms with Gasteiger partial charge in [-0.15, -0.1) is 0 Å². The van der Waals surface area contributed by atoms with Gasteiger partial charge in [-0.05, 0) is 35.9 Å². The van der Waals surface area contributed by atoms with Gasteiger partial charge in [-0.1, -0.05) is 23.7 Å². The normalized spacial score (nSPS) is 11.1. The first-order chi connectivity index (χ1) is 13.1. The van der Waals surface area contributed by atoms with Crippen LogP contribution >= 0.6 is 11.6 Å². The van der Waals surface area contributed by atoms with E-state index < -0.39 is 18.6 Å². The van der Waals surface area contributed by atoms with Crippen LogP contribution in [-0.2, 0) is 6.54 Å². The lowest BCUT2D eigenvalue weighted by molar-refractivity contribution is -0.123. The molecule has 9 heteroatoms. The molecule has 0 aliphatic rings. The van der Waals surface area contributed by atoms with Gasteiger partial charge < -0.3 is 15.0 Å². The van der Waals surface area contributed by atoms with Crippen LogP contribution in [0.1, 0.15) is 26.3 Å². The number of carbonyl (C=O) groups is 2. The minimum atomic E-state index is -4.47. The smallest absolute Gasteiger partial charge is 0.405 e. The zero-order valence-electron chi connectivity index (χ0n) is 15.1. The molecule has 0 saturated heterocycles. The van der Waals surface area contributed by atoms with E-state index in [1.54, 1.807) is 36.6 Å². The zero-order chi connectivity index (χ0) is 20.9. The summed E-state index contributed by atoms with van der Waals surface area (Å²) in [6.45, 7) is -1.18. The molecule has 2 aromatic rings. The summed E-state index contributed by atoms with van der Waals surface area (Å²) in [5.74, 6) is -0.749. The fourth-order valence-corrected chi connectivity index (χ4v) is 2.61. The summed E-state index contributed by atoms with van der Waals surface area (Å²) in [6, 6.07) is 10.7. The van der Waals surface area contributed by atoms with Crippen molar-refractivity contribution in [2.24, 2.45) is 0 Å². The molecule has 2 rings (SSSR count). The number of hydrogen-bond donors (Lipinski definition) is 1. The van der Waals surface area contributed by atoms with Crippen molar-refractivity contribution in [3.05, 3.63) is 64.2 Å². The number of ether oxygens (including phenoxy) is 1. The highest BCUT2D eigenvalue weighted by Gasteiger charge is 2.27. The van der Waals surface area contributed by atoms with Gasteiger partial charge in [-0.3, -0.25) is 9.59 Å². The molecule has 0 fully saturated rings. The molecule has 0 atom stereocenters. The predicted molar refractivity (Wildman–Crippen MR) is 98.6 cm³/mol. The summed E-state index contributed by atoms with van der Waals surface area (Å²) in [6.07, 6.45) is -4.47. The molecule has 0 unspecified atom stereocenters. The second-order valence-corrected chi connectivity index (χ2v) is 6.44. The molecule has 0 aliphatic heterocycles. The molecule has 2 aromatic carbocycles. The Morgan fingerprint density at radius 3 is 2.36 bits per heavy atom. The molecular weight excluding hydrogens is 397 g/mol. The first kappa shape index (κ1) is 21.6. The molecule has 5 nitrogen and oxygen atoms in total. The van der Waals surface area contributed by atoms with Gasteiger partial charge in [0, 0.05) is 24.2 Å². The van der Waals surface area contributed by atoms with Crippen molar-refractivity contribution in [2.45, 2.75) is 12.7 Å². The third kappa shape index (κ3) is 5.88. The molecule has 28 heavy (non-hydrogen) atoms. The highest BCUT2D eigenvalue weighted by molar-refractivity contribution is 6.31. The summed E-state index contributed by atoms with van der Waals surface area (Å²) in [5.41, 5.74) is 1.10. The van der Waals surface area contributed by atoms with E-state index in [0.717, 1.165) is 0 Å². The molecule has 0 heterocycles. The van der Waals surface area contributed by atoms with E-state index in [4.69, 9.17) is 16.3 Å². The van der Waals surface area contributed by atoms with E-state index in [1.807, 2.05) is 0 Å². The molecule has 0 aromatic heterocycles. The van der Waals surface area contributed by atoms with Crippen LogP contribution in [-0.4, -0.2) is 43.6 Å². The SMILES string of the molecule is COc1ccc(Cl)cc1C(=O)N(C)Cc1ccc(C(=O)NCC(F)(F)F)cc1. The predicted octanol–water partition coefficient (Wildman–Crippen LogP) is 3.91. The molecule has 0 bridgehead atoms. The quantitative estimate of drug-likeness (QED) is 0.779. The molecule has 0 radical (unpaired) electrons. The minimum absolute atomic E-state index is 0.0958. The Kier molecular flexibility index (Phi) is 6.90. The molecule has 1 N–H and O–H groups in total. The van der Waals surface area contributed by atoms with E-state index in [-0.39, 0.29) is 18.0 Å². The van der Waals surface area contributed by atoms with Gasteiger partial charge in [0.05, 0.1) is 12.7 Å². The first-order valence-corrected chi connectivity index (χ1v) is 8.51. The number of nitrogens with zero attached hydrogens (tertiary/aromatic N) is 1. The van der Waals surface area contributed by atoms with Crippen LogP contribution < -0.4 is 10.1 Å². The molecule has 150 valence electrons. The maximum absolute atomic E-state index is 12.7. The average molecular weight is 415 g/mol. The number of alkyl halides is 3. The van der Waals surface area contributed by atoms with Crippen LogP contribution in [0, 0.1) is 0 Å². The van der Waals surface area contributed by atoms with Gasteiger partial charge in [-0.2, -0.15) is 13.2 Å². The van der Waals surface area contributed by atoms with Crippen LogP contribution in [0.3, 0.4) is 0 Å². The van der Waals surface area contributed by atoms with Crippen LogP contribution in [0.25, 0.3) is 0 Å². The Bertz CT molecular complexity index is 854. The maximum Gasteiger partial charge on any atom is 0.405 e. The van der Waals surface area contributed by atoms with Gasteiger partial charge >= 0.3 is 6.18 Å². The molecule has 0 aliphatic carbocycles. The zero-order valence-corrected chi connectivity index (χ0v) is 15.9. The molecule has 2 amide bonds. The second kappa shape index (κ2) is 8.97. The van der Waals surface area contributed by atoms with Crippen molar-refractivity contribution >= 4 is 23.4 Å². The fraction of sp³-hybridized carbons (Fsp3) is 0.263. The van der Waals surface area contributed by atoms with E-state index in [1.165, 1.54) is 30.2 Å². The summed E-state index contributed by atoms with van der Waals surface area (Å²) in [4.78, 5) is 25.8. The van der Waals surface area contributed by atoms with Crippen molar-refractivity contribution in [1.29, 1.82) is 0 Å². The molecular formula is C19H18ClF3N2O3. The van der Waals surface area contributed by atoms with Crippen molar-refractivity contribution in [3.63, 3.8) is 0 Å². The van der Waals surface area contributed by atoms with E-state index in [0.29, 0.717) is 21.9 Å². The van der Waals surface area contributed by atoms with E-state index >= 15 is 0 Å². The number of methoxy groups -OCH3 is 1. The van der Waals surface area contributed by atoms with Gasteiger partial charge in [0.2, 0.25) is 0 Å². The highest BCUT2D eigenvalue weighted by Crippen LogP contribution is 2.24.